The van der Waals surface area contributed by atoms with Gasteiger partial charge in [-0.1, -0.05) is 19.8 Å². The van der Waals surface area contributed by atoms with Crippen molar-refractivity contribution in [2.24, 2.45) is 5.73 Å². The van der Waals surface area contributed by atoms with E-state index in [9.17, 15) is 0 Å². The first-order valence-electron chi connectivity index (χ1n) is 7.17. The monoisotopic (exact) mass is 266 g/mol. The van der Waals surface area contributed by atoms with Crippen molar-refractivity contribution in [1.82, 2.24) is 4.90 Å². The highest BCUT2D eigenvalue weighted by molar-refractivity contribution is 7.12. The quantitative estimate of drug-likeness (QED) is 0.880. The molecule has 18 heavy (non-hydrogen) atoms. The Morgan fingerprint density at radius 3 is 2.56 bits per heavy atom. The third-order valence-electron chi connectivity index (χ3n) is 4.27. The largest absolute Gasteiger partial charge is 0.326 e. The molecule has 2 unspecified atom stereocenters. The van der Waals surface area contributed by atoms with Gasteiger partial charge < -0.3 is 5.73 Å². The summed E-state index contributed by atoms with van der Waals surface area (Å²) in [6.07, 6.45) is 6.49. The lowest BCUT2D eigenvalue weighted by molar-refractivity contribution is 0.153. The number of rotatable bonds is 5. The summed E-state index contributed by atoms with van der Waals surface area (Å²) < 4.78 is 0. The summed E-state index contributed by atoms with van der Waals surface area (Å²) in [6, 6.07) is 5.87. The Balaban J connectivity index is 2.18. The van der Waals surface area contributed by atoms with E-state index < -0.39 is 0 Å². The summed E-state index contributed by atoms with van der Waals surface area (Å²) in [5.41, 5.74) is 6.39. The highest BCUT2D eigenvalue weighted by atomic mass is 32.1. The van der Waals surface area contributed by atoms with Crippen molar-refractivity contribution in [3.63, 3.8) is 0 Å². The van der Waals surface area contributed by atoms with Crippen LogP contribution in [0, 0.1) is 6.92 Å². The zero-order valence-corrected chi connectivity index (χ0v) is 12.7. The normalized spacial score (nSPS) is 20.5. The Hall–Kier alpha value is -0.380. The van der Waals surface area contributed by atoms with E-state index in [1.54, 1.807) is 0 Å². The van der Waals surface area contributed by atoms with E-state index in [2.05, 4.69) is 37.9 Å². The van der Waals surface area contributed by atoms with Gasteiger partial charge in [-0.15, -0.1) is 11.3 Å². The van der Waals surface area contributed by atoms with Gasteiger partial charge in [-0.2, -0.15) is 0 Å². The zero-order valence-electron chi connectivity index (χ0n) is 11.9. The lowest BCUT2D eigenvalue weighted by Gasteiger charge is -2.36. The van der Waals surface area contributed by atoms with E-state index in [-0.39, 0.29) is 6.04 Å². The molecule has 3 heteroatoms. The van der Waals surface area contributed by atoms with Crippen LogP contribution in [-0.4, -0.2) is 24.0 Å². The van der Waals surface area contributed by atoms with Crippen molar-refractivity contribution in [3.8, 4) is 0 Å². The predicted octanol–water partition coefficient (Wildman–Crippen LogP) is 3.71. The third-order valence-corrected chi connectivity index (χ3v) is 5.34. The minimum atomic E-state index is 0.244. The maximum atomic E-state index is 6.39. The van der Waals surface area contributed by atoms with Crippen LogP contribution < -0.4 is 5.73 Å². The molecule has 1 fully saturated rings. The summed E-state index contributed by atoms with van der Waals surface area (Å²) >= 11 is 1.90. The van der Waals surface area contributed by atoms with Crippen LogP contribution in [0.4, 0.5) is 0 Å². The summed E-state index contributed by atoms with van der Waals surface area (Å²) in [5.74, 6) is 0. The minimum Gasteiger partial charge on any atom is -0.326 e. The Morgan fingerprint density at radius 1 is 1.39 bits per heavy atom. The fourth-order valence-corrected chi connectivity index (χ4v) is 4.19. The molecular formula is C15H26N2S. The molecule has 0 amide bonds. The van der Waals surface area contributed by atoms with E-state index in [4.69, 9.17) is 5.73 Å². The molecule has 0 aliphatic heterocycles. The topological polar surface area (TPSA) is 29.3 Å². The van der Waals surface area contributed by atoms with Crippen LogP contribution in [0.25, 0.3) is 0 Å². The van der Waals surface area contributed by atoms with Gasteiger partial charge in [-0.25, -0.2) is 0 Å². The molecule has 1 heterocycles. The molecule has 102 valence electrons. The molecule has 1 aromatic rings. The summed E-state index contributed by atoms with van der Waals surface area (Å²) in [7, 11) is 2.27. The summed E-state index contributed by atoms with van der Waals surface area (Å²) in [5, 5.41) is 0. The Kier molecular flexibility index (Phi) is 4.82. The van der Waals surface area contributed by atoms with Crippen molar-refractivity contribution >= 4 is 11.3 Å². The lowest BCUT2D eigenvalue weighted by atomic mass is 10.0. The van der Waals surface area contributed by atoms with Gasteiger partial charge in [0.05, 0.1) is 6.04 Å². The van der Waals surface area contributed by atoms with Crippen LogP contribution >= 0.6 is 11.3 Å². The molecule has 2 rings (SSSR count). The number of thiophene rings is 1. The molecule has 0 bridgehead atoms. The van der Waals surface area contributed by atoms with E-state index in [0.717, 1.165) is 12.5 Å². The van der Waals surface area contributed by atoms with E-state index in [0.29, 0.717) is 6.04 Å². The molecule has 1 aliphatic rings. The average Bonchev–Trinajstić information content (AvgIpc) is 3.00. The summed E-state index contributed by atoms with van der Waals surface area (Å²) in [4.78, 5) is 5.38. The number of nitrogens with two attached hydrogens (primary N) is 1. The molecular weight excluding hydrogens is 240 g/mol. The third kappa shape index (κ3) is 2.95. The van der Waals surface area contributed by atoms with Gasteiger partial charge in [0.25, 0.3) is 0 Å². The second kappa shape index (κ2) is 6.18. The molecule has 0 spiro atoms. The molecule has 0 saturated heterocycles. The van der Waals surface area contributed by atoms with Gasteiger partial charge >= 0.3 is 0 Å². The smallest absolute Gasteiger partial charge is 0.0593 e. The molecule has 1 aromatic heterocycles. The van der Waals surface area contributed by atoms with Crippen LogP contribution in [0.1, 0.15) is 54.8 Å². The van der Waals surface area contributed by atoms with Gasteiger partial charge in [0, 0.05) is 21.8 Å². The number of hydrogen-bond acceptors (Lipinski definition) is 3. The maximum absolute atomic E-state index is 6.39. The first-order chi connectivity index (χ1) is 8.63. The van der Waals surface area contributed by atoms with E-state index in [1.165, 1.54) is 35.4 Å². The van der Waals surface area contributed by atoms with Crippen molar-refractivity contribution < 1.29 is 0 Å². The molecule has 2 atom stereocenters. The van der Waals surface area contributed by atoms with Crippen molar-refractivity contribution in [3.05, 3.63) is 21.9 Å². The van der Waals surface area contributed by atoms with Crippen LogP contribution in [0.3, 0.4) is 0 Å². The molecule has 1 saturated carbocycles. The molecule has 2 nitrogen and oxygen atoms in total. The fourth-order valence-electron chi connectivity index (χ4n) is 3.09. The number of hydrogen-bond donors (Lipinski definition) is 1. The minimum absolute atomic E-state index is 0.244. The Bertz CT molecular complexity index is 368. The number of likely N-dealkylation sites (N-methyl/N-ethyl adjacent to an activating group) is 1. The second-order valence-corrected chi connectivity index (χ2v) is 6.89. The lowest BCUT2D eigenvalue weighted by Crippen LogP contribution is -2.42. The van der Waals surface area contributed by atoms with Crippen molar-refractivity contribution in [2.75, 3.05) is 7.05 Å². The van der Waals surface area contributed by atoms with Gasteiger partial charge in [0.15, 0.2) is 0 Å². The SMILES string of the molecule is CCC(N)C(c1ccc(C)s1)N(C)C1CCCC1. The Morgan fingerprint density at radius 2 is 2.06 bits per heavy atom. The predicted molar refractivity (Wildman–Crippen MR) is 80.1 cm³/mol. The highest BCUT2D eigenvalue weighted by Crippen LogP contribution is 2.34. The highest BCUT2D eigenvalue weighted by Gasteiger charge is 2.30. The van der Waals surface area contributed by atoms with Crippen LogP contribution in [0.15, 0.2) is 12.1 Å². The molecule has 0 radical (unpaired) electrons. The standard InChI is InChI=1S/C15H26N2S/c1-4-13(16)15(14-10-9-11(2)18-14)17(3)12-7-5-6-8-12/h9-10,12-13,15H,4-8,16H2,1-3H3. The zero-order chi connectivity index (χ0) is 13.1. The summed E-state index contributed by atoms with van der Waals surface area (Å²) in [6.45, 7) is 4.37. The average molecular weight is 266 g/mol. The maximum Gasteiger partial charge on any atom is 0.0593 e. The fraction of sp³-hybridized carbons (Fsp3) is 0.733. The first-order valence-corrected chi connectivity index (χ1v) is 7.99. The number of nitrogens with zero attached hydrogens (tertiary/aromatic N) is 1. The van der Waals surface area contributed by atoms with Gasteiger partial charge in [0.1, 0.15) is 0 Å². The Labute approximate surface area is 115 Å². The van der Waals surface area contributed by atoms with Crippen molar-refractivity contribution in [2.45, 2.75) is 64.1 Å². The van der Waals surface area contributed by atoms with Crippen LogP contribution in [-0.2, 0) is 0 Å². The van der Waals surface area contributed by atoms with Crippen LogP contribution in [0.2, 0.25) is 0 Å². The molecule has 2 N–H and O–H groups in total. The van der Waals surface area contributed by atoms with Crippen molar-refractivity contribution in [1.29, 1.82) is 0 Å². The number of aryl methyl sites for hydroxylation is 1. The van der Waals surface area contributed by atoms with Gasteiger partial charge in [-0.05, 0) is 45.4 Å². The molecule has 0 aromatic carbocycles. The van der Waals surface area contributed by atoms with Gasteiger partial charge in [-0.3, -0.25) is 4.90 Å². The van der Waals surface area contributed by atoms with Crippen LogP contribution in [0.5, 0.6) is 0 Å². The van der Waals surface area contributed by atoms with Gasteiger partial charge in [0.2, 0.25) is 0 Å². The van der Waals surface area contributed by atoms with E-state index in [1.807, 2.05) is 11.3 Å². The molecule has 1 aliphatic carbocycles. The first kappa shape index (κ1) is 14.0. The van der Waals surface area contributed by atoms with E-state index >= 15 is 0 Å². The second-order valence-electron chi connectivity index (χ2n) is 5.57.